The smallest absolute Gasteiger partial charge is 0.271 e. The number of rotatable bonds is 1. The average molecular weight is 276 g/mol. The van der Waals surface area contributed by atoms with Gasteiger partial charge in [-0.25, -0.2) is 0 Å². The van der Waals surface area contributed by atoms with Crippen LogP contribution in [0.3, 0.4) is 0 Å². The molecule has 0 fully saturated rings. The Balaban J connectivity index is 2.11. The standard InChI is InChI=1S/C12H8N2O4S/c1-6-4-8-11(15)13-9-5-7(14(16)17)2-3-10(9)18-12(8)19-6/h2-5H,1H3,(H,13,15). The fourth-order valence-electron chi connectivity index (χ4n) is 1.83. The van der Waals surface area contributed by atoms with E-state index in [1.807, 2.05) is 6.92 Å². The zero-order chi connectivity index (χ0) is 13.6. The summed E-state index contributed by atoms with van der Waals surface area (Å²) in [6.07, 6.45) is 0. The van der Waals surface area contributed by atoms with Crippen molar-refractivity contribution in [3.05, 3.63) is 44.8 Å². The molecule has 0 unspecified atom stereocenters. The third-order valence-electron chi connectivity index (χ3n) is 2.69. The molecule has 96 valence electrons. The first kappa shape index (κ1) is 11.7. The van der Waals surface area contributed by atoms with Gasteiger partial charge in [-0.2, -0.15) is 0 Å². The molecule has 0 atom stereocenters. The Labute approximate surface area is 111 Å². The lowest BCUT2D eigenvalue weighted by Crippen LogP contribution is -2.09. The minimum atomic E-state index is -0.517. The molecular weight excluding hydrogens is 268 g/mol. The van der Waals surface area contributed by atoms with E-state index in [0.29, 0.717) is 22.1 Å². The van der Waals surface area contributed by atoms with E-state index in [2.05, 4.69) is 5.32 Å². The number of ether oxygens (including phenoxy) is 1. The predicted molar refractivity (Wildman–Crippen MR) is 70.2 cm³/mol. The maximum atomic E-state index is 12.0. The molecule has 1 N–H and O–H groups in total. The zero-order valence-corrected chi connectivity index (χ0v) is 10.6. The topological polar surface area (TPSA) is 81.5 Å². The van der Waals surface area contributed by atoms with E-state index < -0.39 is 4.92 Å². The molecule has 0 saturated carbocycles. The Kier molecular flexibility index (Phi) is 2.49. The highest BCUT2D eigenvalue weighted by atomic mass is 32.1. The average Bonchev–Trinajstić information content (AvgIpc) is 2.66. The van der Waals surface area contributed by atoms with Crippen molar-refractivity contribution in [1.29, 1.82) is 0 Å². The number of nitro benzene ring substituents is 1. The maximum Gasteiger partial charge on any atom is 0.271 e. The molecule has 1 aliphatic rings. The first-order valence-corrected chi connectivity index (χ1v) is 6.24. The van der Waals surface area contributed by atoms with E-state index in [9.17, 15) is 14.9 Å². The number of hydrogen-bond acceptors (Lipinski definition) is 5. The summed E-state index contributed by atoms with van der Waals surface area (Å²) in [5.74, 6) is 0.0816. The van der Waals surface area contributed by atoms with Crippen LogP contribution in [0.4, 0.5) is 11.4 Å². The van der Waals surface area contributed by atoms with Crippen molar-refractivity contribution in [2.45, 2.75) is 6.92 Å². The van der Waals surface area contributed by atoms with Crippen LogP contribution >= 0.6 is 11.3 Å². The molecule has 0 spiro atoms. The van der Waals surface area contributed by atoms with Gasteiger partial charge >= 0.3 is 0 Å². The van der Waals surface area contributed by atoms with Crippen LogP contribution in [0.2, 0.25) is 0 Å². The molecule has 2 aromatic rings. The number of non-ortho nitro benzene ring substituents is 1. The summed E-state index contributed by atoms with van der Waals surface area (Å²) >= 11 is 1.36. The molecule has 3 rings (SSSR count). The second kappa shape index (κ2) is 4.06. The van der Waals surface area contributed by atoms with Crippen molar-refractivity contribution >= 4 is 28.6 Å². The number of nitrogens with one attached hydrogen (secondary N) is 1. The summed E-state index contributed by atoms with van der Waals surface area (Å²) in [4.78, 5) is 23.2. The molecule has 0 saturated heterocycles. The van der Waals surface area contributed by atoms with Crippen LogP contribution in [0, 0.1) is 17.0 Å². The molecule has 2 heterocycles. The first-order chi connectivity index (χ1) is 9.04. The van der Waals surface area contributed by atoms with Crippen molar-refractivity contribution in [2.24, 2.45) is 0 Å². The fraction of sp³-hybridized carbons (Fsp3) is 0.0833. The maximum absolute atomic E-state index is 12.0. The van der Waals surface area contributed by atoms with Crippen molar-refractivity contribution in [3.8, 4) is 10.8 Å². The highest BCUT2D eigenvalue weighted by molar-refractivity contribution is 7.14. The first-order valence-electron chi connectivity index (χ1n) is 5.42. The SMILES string of the molecule is Cc1cc2c(s1)Oc1ccc([N+](=O)[O-])cc1NC2=O. The van der Waals surface area contributed by atoms with Crippen molar-refractivity contribution < 1.29 is 14.5 Å². The Bertz CT molecular complexity index is 708. The summed E-state index contributed by atoms with van der Waals surface area (Å²) in [5.41, 5.74) is 0.658. The van der Waals surface area contributed by atoms with Gasteiger partial charge in [-0.05, 0) is 19.1 Å². The number of aryl methyl sites for hydroxylation is 1. The van der Waals surface area contributed by atoms with Crippen LogP contribution in [0.15, 0.2) is 24.3 Å². The van der Waals surface area contributed by atoms with Crippen LogP contribution in [-0.4, -0.2) is 10.8 Å². The lowest BCUT2D eigenvalue weighted by atomic mass is 10.2. The molecule has 6 nitrogen and oxygen atoms in total. The molecule has 7 heteroatoms. The van der Waals surface area contributed by atoms with Gasteiger partial charge < -0.3 is 10.1 Å². The molecule has 1 aliphatic heterocycles. The van der Waals surface area contributed by atoms with E-state index >= 15 is 0 Å². The second-order valence-corrected chi connectivity index (χ2v) is 5.27. The minimum Gasteiger partial charge on any atom is -0.444 e. The van der Waals surface area contributed by atoms with E-state index in [4.69, 9.17) is 4.74 Å². The number of thiophene rings is 1. The molecule has 1 aromatic heterocycles. The predicted octanol–water partition coefficient (Wildman–Crippen LogP) is 3.32. The number of anilines is 1. The van der Waals surface area contributed by atoms with Gasteiger partial charge in [0, 0.05) is 17.0 Å². The molecular formula is C12H8N2O4S. The van der Waals surface area contributed by atoms with Gasteiger partial charge in [-0.1, -0.05) is 0 Å². The van der Waals surface area contributed by atoms with Gasteiger partial charge in [0.25, 0.3) is 11.6 Å². The number of hydrogen-bond donors (Lipinski definition) is 1. The van der Waals surface area contributed by atoms with Crippen molar-refractivity contribution in [3.63, 3.8) is 0 Å². The monoisotopic (exact) mass is 276 g/mol. The van der Waals surface area contributed by atoms with Crippen LogP contribution in [0.25, 0.3) is 0 Å². The van der Waals surface area contributed by atoms with E-state index in [0.717, 1.165) is 4.88 Å². The van der Waals surface area contributed by atoms with Crippen LogP contribution in [0.5, 0.6) is 10.8 Å². The van der Waals surface area contributed by atoms with Gasteiger partial charge in [-0.3, -0.25) is 14.9 Å². The highest BCUT2D eigenvalue weighted by Gasteiger charge is 2.24. The Morgan fingerprint density at radius 3 is 2.89 bits per heavy atom. The highest BCUT2D eigenvalue weighted by Crippen LogP contribution is 2.41. The van der Waals surface area contributed by atoms with Crippen LogP contribution in [0.1, 0.15) is 15.2 Å². The molecule has 1 aromatic carbocycles. The van der Waals surface area contributed by atoms with Gasteiger partial charge in [0.15, 0.2) is 10.8 Å². The fourth-order valence-corrected chi connectivity index (χ4v) is 2.70. The van der Waals surface area contributed by atoms with Crippen LogP contribution < -0.4 is 10.1 Å². The summed E-state index contributed by atoms with van der Waals surface area (Å²) in [6.45, 7) is 1.88. The molecule has 1 amide bonds. The largest absolute Gasteiger partial charge is 0.444 e. The summed E-state index contributed by atoms with van der Waals surface area (Å²) in [5, 5.41) is 13.8. The Hall–Kier alpha value is -2.41. The quantitative estimate of drug-likeness (QED) is 0.639. The summed E-state index contributed by atoms with van der Waals surface area (Å²) in [7, 11) is 0. The van der Waals surface area contributed by atoms with Crippen molar-refractivity contribution in [2.75, 3.05) is 5.32 Å². The van der Waals surface area contributed by atoms with Crippen LogP contribution in [-0.2, 0) is 0 Å². The number of benzene rings is 1. The van der Waals surface area contributed by atoms with E-state index in [1.54, 1.807) is 6.07 Å². The Morgan fingerprint density at radius 1 is 1.37 bits per heavy atom. The lowest BCUT2D eigenvalue weighted by molar-refractivity contribution is -0.384. The van der Waals surface area contributed by atoms with E-state index in [-0.39, 0.29) is 11.6 Å². The second-order valence-electron chi connectivity index (χ2n) is 4.05. The van der Waals surface area contributed by atoms with E-state index in [1.165, 1.54) is 29.5 Å². The molecule has 0 radical (unpaired) electrons. The van der Waals surface area contributed by atoms with Gasteiger partial charge in [0.1, 0.15) is 0 Å². The third kappa shape index (κ3) is 1.93. The zero-order valence-electron chi connectivity index (χ0n) is 9.80. The normalized spacial score (nSPS) is 12.8. The number of amides is 1. The number of nitrogens with zero attached hydrogens (tertiary/aromatic N) is 1. The number of carbonyl (C=O) groups excluding carboxylic acids is 1. The number of fused-ring (bicyclic) bond motifs is 2. The lowest BCUT2D eigenvalue weighted by Gasteiger charge is -2.05. The van der Waals surface area contributed by atoms with Gasteiger partial charge in [0.2, 0.25) is 0 Å². The summed E-state index contributed by atoms with van der Waals surface area (Å²) < 4.78 is 5.64. The van der Waals surface area contributed by atoms with Gasteiger partial charge in [-0.15, -0.1) is 11.3 Å². The minimum absolute atomic E-state index is 0.0934. The number of nitro groups is 1. The number of carbonyl (C=O) groups is 1. The Morgan fingerprint density at radius 2 is 2.16 bits per heavy atom. The van der Waals surface area contributed by atoms with Gasteiger partial charge in [0.05, 0.1) is 16.2 Å². The van der Waals surface area contributed by atoms with Crippen molar-refractivity contribution in [1.82, 2.24) is 0 Å². The third-order valence-corrected chi connectivity index (χ3v) is 3.62. The summed E-state index contributed by atoms with van der Waals surface area (Å²) in [6, 6.07) is 5.85. The molecule has 19 heavy (non-hydrogen) atoms. The molecule has 0 bridgehead atoms. The molecule has 0 aliphatic carbocycles.